The molecule has 1 aromatic carbocycles. The molecule has 0 saturated heterocycles. The minimum atomic E-state index is -4.33. The number of primary sulfonamides is 1. The normalized spacial score (nSPS) is 11.6. The van der Waals surface area contributed by atoms with E-state index >= 15 is 4.39 Å². The number of pyridine rings is 2. The minimum absolute atomic E-state index is 0.116. The number of nitrogens with zero attached hydrogens (tertiary/aromatic N) is 3. The molecule has 0 bridgehead atoms. The van der Waals surface area contributed by atoms with Crippen LogP contribution < -0.4 is 14.6 Å². The number of sulfonamides is 1. The second-order valence-corrected chi connectivity index (χ2v) is 7.90. The highest BCUT2D eigenvalue weighted by Gasteiger charge is 2.25. The molecule has 3 N–H and O–H groups in total. The Morgan fingerprint density at radius 1 is 1.13 bits per heavy atom. The molecule has 0 atom stereocenters. The Kier molecular flexibility index (Phi) is 5.25. The third-order valence-electron chi connectivity index (χ3n) is 4.48. The van der Waals surface area contributed by atoms with Gasteiger partial charge in [0.05, 0.1) is 25.1 Å². The summed E-state index contributed by atoms with van der Waals surface area (Å²) in [6.45, 7) is -0.469. The highest BCUT2D eigenvalue weighted by Crippen LogP contribution is 2.35. The number of aromatic amines is 1. The first-order chi connectivity index (χ1) is 14.8. The van der Waals surface area contributed by atoms with Crippen LogP contribution in [-0.2, 0) is 16.6 Å². The van der Waals surface area contributed by atoms with E-state index in [0.717, 1.165) is 12.1 Å². The van der Waals surface area contributed by atoms with Crippen molar-refractivity contribution in [3.8, 4) is 22.8 Å². The van der Waals surface area contributed by atoms with Gasteiger partial charge in [0, 0.05) is 22.7 Å². The van der Waals surface area contributed by atoms with E-state index in [1.165, 1.54) is 31.8 Å². The summed E-state index contributed by atoms with van der Waals surface area (Å²) in [5, 5.41) is 12.5. The number of hydrogen-bond acceptors (Lipinski definition) is 7. The molecule has 0 fully saturated rings. The van der Waals surface area contributed by atoms with Crippen molar-refractivity contribution < 1.29 is 26.7 Å². The lowest BCUT2D eigenvalue weighted by atomic mass is 10.0. The number of nitrogens with two attached hydrogens (primary N) is 1. The van der Waals surface area contributed by atoms with Crippen LogP contribution in [0.25, 0.3) is 22.2 Å². The highest BCUT2D eigenvalue weighted by molar-refractivity contribution is 7.89. The summed E-state index contributed by atoms with van der Waals surface area (Å²) in [7, 11) is -3.13. The van der Waals surface area contributed by atoms with E-state index in [2.05, 4.69) is 20.2 Å². The van der Waals surface area contributed by atoms with Gasteiger partial charge in [-0.05, 0) is 24.3 Å². The van der Waals surface area contributed by atoms with Crippen molar-refractivity contribution in [2.45, 2.75) is 11.5 Å². The summed E-state index contributed by atoms with van der Waals surface area (Å²) in [4.78, 5) is 7.38. The fourth-order valence-electron chi connectivity index (χ4n) is 3.05. The maximum atomic E-state index is 15.3. The lowest BCUT2D eigenvalue weighted by molar-refractivity contribution is 0.292. The summed E-state index contributed by atoms with van der Waals surface area (Å²) in [6.07, 6.45) is 4.14. The van der Waals surface area contributed by atoms with E-state index in [9.17, 15) is 12.8 Å². The number of aromatic nitrogens is 4. The monoisotopic (exact) mass is 447 g/mol. The Labute approximate surface area is 174 Å². The molecule has 31 heavy (non-hydrogen) atoms. The van der Waals surface area contributed by atoms with Gasteiger partial charge < -0.3 is 9.47 Å². The zero-order chi connectivity index (χ0) is 22.2. The van der Waals surface area contributed by atoms with Gasteiger partial charge in [0.1, 0.15) is 24.0 Å². The number of hydrogen-bond donors (Lipinski definition) is 2. The van der Waals surface area contributed by atoms with Crippen LogP contribution in [0.2, 0.25) is 0 Å². The topological polar surface area (TPSA) is 133 Å². The number of H-pyrrole nitrogens is 1. The van der Waals surface area contributed by atoms with E-state index in [1.54, 1.807) is 6.07 Å². The van der Waals surface area contributed by atoms with Gasteiger partial charge in [-0.2, -0.15) is 5.10 Å². The van der Waals surface area contributed by atoms with Gasteiger partial charge in [0.15, 0.2) is 10.5 Å². The lowest BCUT2D eigenvalue weighted by Crippen LogP contribution is -2.16. The predicted octanol–water partition coefficient (Wildman–Crippen LogP) is 2.53. The first-order valence-electron chi connectivity index (χ1n) is 8.74. The molecule has 9 nitrogen and oxygen atoms in total. The van der Waals surface area contributed by atoms with Crippen molar-refractivity contribution >= 4 is 21.1 Å². The van der Waals surface area contributed by atoms with Crippen LogP contribution in [0.15, 0.2) is 47.8 Å². The highest BCUT2D eigenvalue weighted by atomic mass is 32.2. The number of halogens is 2. The molecule has 0 aliphatic carbocycles. The van der Waals surface area contributed by atoms with Gasteiger partial charge in [-0.25, -0.2) is 32.3 Å². The van der Waals surface area contributed by atoms with Crippen LogP contribution in [-0.4, -0.2) is 35.7 Å². The van der Waals surface area contributed by atoms with E-state index < -0.39 is 38.7 Å². The van der Waals surface area contributed by atoms with Gasteiger partial charge >= 0.3 is 0 Å². The average molecular weight is 447 g/mol. The molecular weight excluding hydrogens is 432 g/mol. The SMILES string of the molecule is COc1nccc(-c2ccc(F)c(COc3cnc4[nH]ncc4c3)c2F)c1S(N)(=O)=O. The third kappa shape index (κ3) is 3.90. The summed E-state index contributed by atoms with van der Waals surface area (Å²) in [5.74, 6) is -1.90. The molecule has 4 rings (SSSR count). The maximum Gasteiger partial charge on any atom is 0.244 e. The molecule has 0 radical (unpaired) electrons. The Hall–Kier alpha value is -3.64. The van der Waals surface area contributed by atoms with E-state index in [0.29, 0.717) is 11.0 Å². The zero-order valence-corrected chi connectivity index (χ0v) is 16.8. The van der Waals surface area contributed by atoms with Crippen LogP contribution >= 0.6 is 0 Å². The quantitative estimate of drug-likeness (QED) is 0.464. The summed E-state index contributed by atoms with van der Waals surface area (Å²) < 4.78 is 64.3. The van der Waals surface area contributed by atoms with E-state index in [-0.39, 0.29) is 22.8 Å². The molecule has 160 valence electrons. The molecule has 0 unspecified atom stereocenters. The standard InChI is InChI=1S/C19H15F2N5O4S/c1-29-19-17(31(22,27)28)13(4-5-23-19)12-2-3-15(20)14(16(12)21)9-30-11-6-10-7-25-26-18(10)24-8-11/h2-8H,9H2,1H3,(H2,22,27,28)(H,24,25,26). The molecule has 3 heterocycles. The first kappa shape index (κ1) is 20.6. The van der Waals surface area contributed by atoms with Gasteiger partial charge in [-0.3, -0.25) is 5.10 Å². The first-order valence-corrected chi connectivity index (χ1v) is 10.3. The fourth-order valence-corrected chi connectivity index (χ4v) is 3.91. The molecule has 3 aromatic heterocycles. The largest absolute Gasteiger partial charge is 0.487 e. The molecule has 4 aromatic rings. The number of nitrogens with one attached hydrogen (secondary N) is 1. The van der Waals surface area contributed by atoms with E-state index in [4.69, 9.17) is 14.6 Å². The second kappa shape index (κ2) is 7.89. The molecule has 0 aliphatic rings. The lowest BCUT2D eigenvalue weighted by Gasteiger charge is -2.14. The predicted molar refractivity (Wildman–Crippen MR) is 106 cm³/mol. The Bertz CT molecular complexity index is 1390. The Balaban J connectivity index is 1.75. The summed E-state index contributed by atoms with van der Waals surface area (Å²) >= 11 is 0. The second-order valence-electron chi connectivity index (χ2n) is 6.40. The number of ether oxygens (including phenoxy) is 2. The number of benzene rings is 1. The third-order valence-corrected chi connectivity index (χ3v) is 5.44. The smallest absolute Gasteiger partial charge is 0.244 e. The van der Waals surface area contributed by atoms with Crippen molar-refractivity contribution in [2.24, 2.45) is 5.14 Å². The van der Waals surface area contributed by atoms with Gasteiger partial charge in [0.25, 0.3) is 0 Å². The van der Waals surface area contributed by atoms with Crippen LogP contribution in [0.1, 0.15) is 5.56 Å². The number of rotatable bonds is 6. The molecule has 12 heteroatoms. The molecule has 0 amide bonds. The number of methoxy groups -OCH3 is 1. The molecular formula is C19H15F2N5O4S. The average Bonchev–Trinajstić information content (AvgIpc) is 3.20. The van der Waals surface area contributed by atoms with Crippen LogP contribution in [0, 0.1) is 11.6 Å². The van der Waals surface area contributed by atoms with Crippen molar-refractivity contribution in [3.63, 3.8) is 0 Å². The molecule has 0 spiro atoms. The number of fused-ring (bicyclic) bond motifs is 1. The van der Waals surface area contributed by atoms with Crippen molar-refractivity contribution in [3.05, 3.63) is 60.1 Å². The van der Waals surface area contributed by atoms with Crippen LogP contribution in [0.3, 0.4) is 0 Å². The van der Waals surface area contributed by atoms with Crippen molar-refractivity contribution in [1.29, 1.82) is 0 Å². The fraction of sp³-hybridized carbons (Fsp3) is 0.105. The summed E-state index contributed by atoms with van der Waals surface area (Å²) in [6, 6.07) is 4.98. The van der Waals surface area contributed by atoms with Crippen LogP contribution in [0.5, 0.6) is 11.6 Å². The summed E-state index contributed by atoms with van der Waals surface area (Å²) in [5.41, 5.74) is -0.183. The zero-order valence-electron chi connectivity index (χ0n) is 16.0. The maximum absolute atomic E-state index is 15.3. The van der Waals surface area contributed by atoms with Crippen molar-refractivity contribution in [1.82, 2.24) is 20.2 Å². The Morgan fingerprint density at radius 3 is 2.68 bits per heavy atom. The molecule has 0 saturated carbocycles. The Morgan fingerprint density at radius 2 is 1.94 bits per heavy atom. The van der Waals surface area contributed by atoms with Gasteiger partial charge in [-0.1, -0.05) is 0 Å². The van der Waals surface area contributed by atoms with Gasteiger partial charge in [-0.15, -0.1) is 0 Å². The van der Waals surface area contributed by atoms with Crippen molar-refractivity contribution in [2.75, 3.05) is 7.11 Å². The van der Waals surface area contributed by atoms with Gasteiger partial charge in [0.2, 0.25) is 15.9 Å². The van der Waals surface area contributed by atoms with Crippen LogP contribution in [0.4, 0.5) is 8.78 Å². The minimum Gasteiger partial charge on any atom is -0.487 e. The molecule has 0 aliphatic heterocycles. The van der Waals surface area contributed by atoms with E-state index in [1.807, 2.05) is 0 Å².